The molecule has 34 heavy (non-hydrogen) atoms. The van der Waals surface area contributed by atoms with Crippen molar-refractivity contribution < 1.29 is 23.3 Å². The van der Waals surface area contributed by atoms with Gasteiger partial charge in [0.15, 0.2) is 17.4 Å². The Hall–Kier alpha value is -3.99. The second-order valence-electron chi connectivity index (χ2n) is 8.70. The monoisotopic (exact) mass is 468 g/mol. The molecule has 3 heterocycles. The van der Waals surface area contributed by atoms with Gasteiger partial charge in [0.2, 0.25) is 5.88 Å². The minimum Gasteiger partial charge on any atom is -0.436 e. The summed E-state index contributed by atoms with van der Waals surface area (Å²) < 4.78 is 27.4. The van der Waals surface area contributed by atoms with Crippen molar-refractivity contribution in [1.82, 2.24) is 25.2 Å². The Balaban J connectivity index is 1.54. The summed E-state index contributed by atoms with van der Waals surface area (Å²) in [4.78, 5) is 26.0. The second kappa shape index (κ2) is 9.10. The van der Waals surface area contributed by atoms with Crippen LogP contribution in [0, 0.1) is 12.7 Å². The Morgan fingerprint density at radius 2 is 2.00 bits per heavy atom. The number of hydrogen-bond acceptors (Lipinski definition) is 8. The minimum absolute atomic E-state index is 0.0134. The van der Waals surface area contributed by atoms with Gasteiger partial charge in [0.05, 0.1) is 16.9 Å². The first-order valence-corrected chi connectivity index (χ1v) is 10.6. The van der Waals surface area contributed by atoms with Crippen LogP contribution in [0.15, 0.2) is 41.2 Å². The maximum atomic E-state index is 15.2. The fourth-order valence-electron chi connectivity index (χ4n) is 3.26. The number of halogens is 1. The van der Waals surface area contributed by atoms with Gasteiger partial charge in [-0.15, -0.1) is 0 Å². The molecular formula is C23H25FN6O4. The van der Waals surface area contributed by atoms with Crippen LogP contribution >= 0.6 is 0 Å². The minimum atomic E-state index is -0.798. The van der Waals surface area contributed by atoms with Crippen LogP contribution in [0.3, 0.4) is 0 Å². The van der Waals surface area contributed by atoms with Gasteiger partial charge < -0.3 is 19.4 Å². The third kappa shape index (κ3) is 4.84. The van der Waals surface area contributed by atoms with Crippen molar-refractivity contribution in [3.63, 3.8) is 0 Å². The lowest BCUT2D eigenvalue weighted by Crippen LogP contribution is -2.25. The molecule has 0 bridgehead atoms. The molecule has 3 aromatic heterocycles. The number of carbonyl (C=O) groups is 1. The molecule has 4 rings (SSSR count). The number of nitrogens with zero attached hydrogens (tertiary/aromatic N) is 4. The number of hydrogen-bond donors (Lipinski definition) is 2. The molecule has 0 radical (unpaired) electrons. The molecule has 178 valence electrons. The summed E-state index contributed by atoms with van der Waals surface area (Å²) >= 11 is 0. The number of carbonyl (C=O) groups excluding carboxylic acids is 1. The van der Waals surface area contributed by atoms with E-state index in [-0.39, 0.29) is 28.2 Å². The smallest absolute Gasteiger partial charge is 0.436 e. The van der Waals surface area contributed by atoms with Crippen LogP contribution in [0.2, 0.25) is 0 Å². The maximum absolute atomic E-state index is 15.2. The van der Waals surface area contributed by atoms with E-state index in [4.69, 9.17) is 14.1 Å². The van der Waals surface area contributed by atoms with Crippen LogP contribution in [0.1, 0.15) is 37.9 Å². The third-order valence-electron chi connectivity index (χ3n) is 4.94. The molecule has 0 atom stereocenters. The van der Waals surface area contributed by atoms with Crippen molar-refractivity contribution in [3.05, 3.63) is 59.6 Å². The predicted octanol–water partition coefficient (Wildman–Crippen LogP) is 4.34. The first-order valence-electron chi connectivity index (χ1n) is 10.6. The van der Waals surface area contributed by atoms with E-state index in [0.29, 0.717) is 29.2 Å². The van der Waals surface area contributed by atoms with Crippen LogP contribution in [0.4, 0.5) is 15.0 Å². The van der Waals surface area contributed by atoms with Crippen LogP contribution in [-0.4, -0.2) is 33.0 Å². The summed E-state index contributed by atoms with van der Waals surface area (Å²) in [7, 11) is 1.79. The van der Waals surface area contributed by atoms with Crippen molar-refractivity contribution in [2.75, 3.05) is 12.4 Å². The highest BCUT2D eigenvalue weighted by molar-refractivity contribution is 5.87. The molecule has 0 saturated carbocycles. The summed E-state index contributed by atoms with van der Waals surface area (Å²) in [6.07, 6.45) is 0.554. The van der Waals surface area contributed by atoms with Gasteiger partial charge in [-0.3, -0.25) is 5.32 Å². The molecule has 2 N–H and O–H groups in total. The highest BCUT2D eigenvalue weighted by Gasteiger charge is 2.22. The van der Waals surface area contributed by atoms with Gasteiger partial charge in [-0.05, 0) is 32.2 Å². The number of fused-ring (bicyclic) bond motifs is 1. The molecule has 10 nitrogen and oxygen atoms in total. The van der Waals surface area contributed by atoms with Crippen LogP contribution in [0.25, 0.3) is 10.9 Å². The summed E-state index contributed by atoms with van der Waals surface area (Å²) in [6, 6.07) is 7.85. The number of anilines is 1. The molecule has 4 aromatic rings. The Bertz CT molecular complexity index is 1340. The Morgan fingerprint density at radius 3 is 2.71 bits per heavy atom. The summed E-state index contributed by atoms with van der Waals surface area (Å²) in [5.74, 6) is 0.423. The number of rotatable bonds is 6. The van der Waals surface area contributed by atoms with E-state index in [0.717, 1.165) is 0 Å². The number of benzene rings is 1. The number of ether oxygens (including phenoxy) is 1. The maximum Gasteiger partial charge on any atom is 0.437 e. The molecule has 0 fully saturated rings. The normalized spacial score (nSPS) is 11.6. The Kier molecular flexibility index (Phi) is 6.20. The van der Waals surface area contributed by atoms with Gasteiger partial charge in [-0.2, -0.15) is 4.73 Å². The fourth-order valence-corrected chi connectivity index (χ4v) is 3.26. The van der Waals surface area contributed by atoms with Gasteiger partial charge in [0.25, 0.3) is 0 Å². The number of nitrogens with one attached hydrogen (secondary N) is 2. The average Bonchev–Trinajstić information content (AvgIpc) is 3.36. The van der Waals surface area contributed by atoms with E-state index in [1.54, 1.807) is 38.2 Å². The lowest BCUT2D eigenvalue weighted by atomic mass is 9.93. The molecule has 1 aromatic carbocycles. The standard InChI is InChI=1S/C23H25FN6O4/c1-13-8-15-16(30(13)34-22(31)28-19-10-18(33-29-19)23(2,3)4)6-7-17(21(15)24)32-20-9-14(11-25-5)26-12-27-20/h6-10,12,25H,11H2,1-5H3,(H,28,29,31). The zero-order valence-corrected chi connectivity index (χ0v) is 19.5. The van der Waals surface area contributed by atoms with Crippen molar-refractivity contribution in [2.24, 2.45) is 0 Å². The quantitative estimate of drug-likeness (QED) is 0.429. The molecule has 0 saturated heterocycles. The topological polar surface area (TPSA) is 116 Å². The third-order valence-corrected chi connectivity index (χ3v) is 4.94. The van der Waals surface area contributed by atoms with E-state index < -0.39 is 11.9 Å². The zero-order chi connectivity index (χ0) is 24.5. The van der Waals surface area contributed by atoms with Gasteiger partial charge in [-0.1, -0.05) is 25.9 Å². The van der Waals surface area contributed by atoms with Gasteiger partial charge in [0, 0.05) is 29.5 Å². The van der Waals surface area contributed by atoms with Crippen LogP contribution in [0.5, 0.6) is 11.6 Å². The molecule has 0 aliphatic heterocycles. The first-order chi connectivity index (χ1) is 16.2. The van der Waals surface area contributed by atoms with E-state index in [9.17, 15) is 4.79 Å². The Morgan fingerprint density at radius 1 is 1.21 bits per heavy atom. The zero-order valence-electron chi connectivity index (χ0n) is 19.5. The first kappa shape index (κ1) is 23.2. The average molecular weight is 468 g/mol. The molecule has 0 spiro atoms. The molecule has 0 aliphatic rings. The largest absolute Gasteiger partial charge is 0.437 e. The van der Waals surface area contributed by atoms with Gasteiger partial charge in [0.1, 0.15) is 12.1 Å². The number of aryl methyl sites for hydroxylation is 1. The second-order valence-corrected chi connectivity index (χ2v) is 8.70. The summed E-state index contributed by atoms with van der Waals surface area (Å²) in [6.45, 7) is 8.10. The van der Waals surface area contributed by atoms with Crippen molar-refractivity contribution in [3.8, 4) is 11.6 Å². The number of amides is 1. The highest BCUT2D eigenvalue weighted by atomic mass is 19.1. The van der Waals surface area contributed by atoms with E-state index in [1.165, 1.54) is 17.1 Å². The SMILES string of the molecule is CNCc1cc(Oc2ccc3c(cc(C)n3OC(=O)Nc3cc(C(C)(C)C)on3)c2F)ncn1. The van der Waals surface area contributed by atoms with Crippen molar-refractivity contribution in [2.45, 2.75) is 39.7 Å². The van der Waals surface area contributed by atoms with E-state index >= 15 is 4.39 Å². The van der Waals surface area contributed by atoms with Crippen molar-refractivity contribution >= 4 is 22.8 Å². The molecule has 0 aliphatic carbocycles. The fraction of sp³-hybridized carbons (Fsp3) is 0.304. The predicted molar refractivity (Wildman–Crippen MR) is 122 cm³/mol. The summed E-state index contributed by atoms with van der Waals surface area (Å²) in [5, 5.41) is 9.55. The molecule has 1 amide bonds. The van der Waals surface area contributed by atoms with Gasteiger partial charge in [-0.25, -0.2) is 19.2 Å². The lowest BCUT2D eigenvalue weighted by molar-refractivity contribution is 0.150. The van der Waals surface area contributed by atoms with E-state index in [2.05, 4.69) is 25.8 Å². The van der Waals surface area contributed by atoms with Crippen LogP contribution in [-0.2, 0) is 12.0 Å². The van der Waals surface area contributed by atoms with E-state index in [1.807, 2.05) is 20.8 Å². The van der Waals surface area contributed by atoms with Crippen molar-refractivity contribution in [1.29, 1.82) is 0 Å². The molecular weight excluding hydrogens is 443 g/mol. The number of aromatic nitrogens is 4. The highest BCUT2D eigenvalue weighted by Crippen LogP contribution is 2.31. The molecule has 0 unspecified atom stereocenters. The Labute approximate surface area is 195 Å². The lowest BCUT2D eigenvalue weighted by Gasteiger charge is -2.12. The summed E-state index contributed by atoms with van der Waals surface area (Å²) in [5.41, 5.74) is 1.31. The molecule has 11 heteroatoms. The van der Waals surface area contributed by atoms with Crippen LogP contribution < -0.4 is 20.2 Å². The van der Waals surface area contributed by atoms with Gasteiger partial charge >= 0.3 is 6.09 Å².